The second-order valence-electron chi connectivity index (χ2n) is 9.43. The van der Waals surface area contributed by atoms with Gasteiger partial charge in [-0.15, -0.1) is 0 Å². The molecule has 1 aromatic rings. The maximum absolute atomic E-state index is 11.6. The first-order chi connectivity index (χ1) is 13.3. The van der Waals surface area contributed by atoms with E-state index in [1.807, 2.05) is 14.1 Å². The summed E-state index contributed by atoms with van der Waals surface area (Å²) in [5.41, 5.74) is 5.18. The Morgan fingerprint density at radius 3 is 2.71 bits per heavy atom. The van der Waals surface area contributed by atoms with Crippen molar-refractivity contribution < 1.29 is 9.94 Å². The summed E-state index contributed by atoms with van der Waals surface area (Å²) in [5, 5.41) is 11.6. The van der Waals surface area contributed by atoms with Gasteiger partial charge in [-0.05, 0) is 70.5 Å². The van der Waals surface area contributed by atoms with Crippen molar-refractivity contribution in [2.45, 2.75) is 57.5 Å². The molecule has 0 bridgehead atoms. The van der Waals surface area contributed by atoms with Crippen molar-refractivity contribution in [3.8, 4) is 0 Å². The first-order valence-corrected chi connectivity index (χ1v) is 10.8. The van der Waals surface area contributed by atoms with Gasteiger partial charge in [0.05, 0.1) is 12.2 Å². The number of aliphatic hydroxyl groups is 1. The van der Waals surface area contributed by atoms with Crippen molar-refractivity contribution >= 4 is 0 Å². The minimum Gasteiger partial charge on any atom is -0.389 e. The van der Waals surface area contributed by atoms with Gasteiger partial charge in [0.15, 0.2) is 0 Å². The van der Waals surface area contributed by atoms with Gasteiger partial charge in [0.2, 0.25) is 0 Å². The third-order valence-corrected chi connectivity index (χ3v) is 7.20. The molecule has 28 heavy (non-hydrogen) atoms. The van der Waals surface area contributed by atoms with Gasteiger partial charge in [-0.2, -0.15) is 5.48 Å². The lowest BCUT2D eigenvalue weighted by atomic mass is 9.59. The Kier molecular flexibility index (Phi) is 6.98. The molecule has 0 aromatic heterocycles. The van der Waals surface area contributed by atoms with E-state index in [9.17, 15) is 5.11 Å². The van der Waals surface area contributed by atoms with Gasteiger partial charge in [0.25, 0.3) is 0 Å². The molecule has 2 aliphatic carbocycles. The Hall–Kier alpha value is -1.20. The van der Waals surface area contributed by atoms with Crippen molar-refractivity contribution in [3.05, 3.63) is 47.5 Å². The Morgan fingerprint density at radius 1 is 1.25 bits per heavy atom. The molecule has 4 heteroatoms. The summed E-state index contributed by atoms with van der Waals surface area (Å²) in [5.74, 6) is 0.924. The van der Waals surface area contributed by atoms with Crippen molar-refractivity contribution in [1.29, 1.82) is 0 Å². The smallest absolute Gasteiger partial charge is 0.0809 e. The zero-order valence-corrected chi connectivity index (χ0v) is 18.1. The van der Waals surface area contributed by atoms with Crippen LogP contribution in [0.1, 0.15) is 57.4 Å². The number of allylic oxidation sites excluding steroid dienone is 1. The van der Waals surface area contributed by atoms with Crippen LogP contribution in [0, 0.1) is 11.3 Å². The second-order valence-corrected chi connectivity index (χ2v) is 9.43. The highest BCUT2D eigenvalue weighted by atomic mass is 16.6. The molecule has 2 saturated carbocycles. The number of nitrogens with one attached hydrogen (secondary N) is 1. The number of hydrogen-bond acceptors (Lipinski definition) is 4. The molecular weight excluding hydrogens is 348 g/mol. The largest absolute Gasteiger partial charge is 0.389 e. The van der Waals surface area contributed by atoms with Crippen LogP contribution in [0.15, 0.2) is 42.0 Å². The highest BCUT2D eigenvalue weighted by molar-refractivity contribution is 5.25. The fourth-order valence-corrected chi connectivity index (χ4v) is 5.23. The van der Waals surface area contributed by atoms with Crippen LogP contribution < -0.4 is 5.48 Å². The number of hydroxylamine groups is 1. The molecule has 0 unspecified atom stereocenters. The van der Waals surface area contributed by atoms with E-state index in [1.54, 1.807) is 0 Å². The van der Waals surface area contributed by atoms with Crippen LogP contribution in [0.5, 0.6) is 0 Å². The predicted octanol–water partition coefficient (Wildman–Crippen LogP) is 4.13. The summed E-state index contributed by atoms with van der Waals surface area (Å²) in [6.07, 6.45) is 7.52. The average Bonchev–Trinajstić information content (AvgIpc) is 2.92. The molecule has 0 amide bonds. The molecule has 4 nitrogen and oxygen atoms in total. The normalized spacial score (nSPS) is 33.3. The molecule has 2 fully saturated rings. The van der Waals surface area contributed by atoms with Gasteiger partial charge < -0.3 is 14.8 Å². The van der Waals surface area contributed by atoms with Crippen LogP contribution >= 0.6 is 0 Å². The van der Waals surface area contributed by atoms with Crippen molar-refractivity contribution in [2.75, 3.05) is 33.8 Å². The molecule has 0 saturated heterocycles. The number of likely N-dealkylation sites (N-methyl/N-ethyl adjacent to an activating group) is 1. The summed E-state index contributed by atoms with van der Waals surface area (Å²) in [6.45, 7) is 6.81. The molecule has 2 aliphatic rings. The topological polar surface area (TPSA) is 44.7 Å². The minimum atomic E-state index is -0.553. The van der Waals surface area contributed by atoms with Gasteiger partial charge in [-0.3, -0.25) is 0 Å². The first-order valence-electron chi connectivity index (χ1n) is 10.8. The van der Waals surface area contributed by atoms with Gasteiger partial charge in [-0.1, -0.05) is 48.9 Å². The van der Waals surface area contributed by atoms with E-state index >= 15 is 0 Å². The monoisotopic (exact) mass is 386 g/mol. The highest BCUT2D eigenvalue weighted by Gasteiger charge is 2.58. The third-order valence-electron chi connectivity index (χ3n) is 7.20. The average molecular weight is 387 g/mol. The zero-order chi connectivity index (χ0) is 20.2. The van der Waals surface area contributed by atoms with Crippen LogP contribution in [-0.2, 0) is 4.84 Å². The molecule has 1 aromatic carbocycles. The van der Waals surface area contributed by atoms with Gasteiger partial charge >= 0.3 is 0 Å². The lowest BCUT2D eigenvalue weighted by molar-refractivity contribution is -0.0985. The van der Waals surface area contributed by atoms with Crippen molar-refractivity contribution in [3.63, 3.8) is 0 Å². The lowest BCUT2D eigenvalue weighted by Gasteiger charge is -2.49. The highest BCUT2D eigenvalue weighted by Crippen LogP contribution is 2.61. The Labute approximate surface area is 170 Å². The summed E-state index contributed by atoms with van der Waals surface area (Å²) in [7, 11) is 4.09. The van der Waals surface area contributed by atoms with Gasteiger partial charge in [-0.25, -0.2) is 0 Å². The molecule has 0 spiro atoms. The summed E-state index contributed by atoms with van der Waals surface area (Å²) in [6, 6.07) is 10.7. The Bertz CT molecular complexity index is 660. The van der Waals surface area contributed by atoms with E-state index in [-0.39, 0.29) is 5.41 Å². The SMILES string of the molecule is C/C(=C\[C@H]1CC[C@]2(O)C[C@@H](c3ccccc3)CC[C@]12C)CNOCCN(C)C. The lowest BCUT2D eigenvalue weighted by Crippen LogP contribution is -2.49. The molecule has 4 atom stereocenters. The summed E-state index contributed by atoms with van der Waals surface area (Å²) in [4.78, 5) is 7.62. The van der Waals surface area contributed by atoms with E-state index < -0.39 is 5.60 Å². The standard InChI is InChI=1S/C24H38N2O2/c1-19(18-25-28-15-14-26(3)4)16-22-11-13-24(27)17-21(10-12-23(22,24)2)20-8-6-5-7-9-20/h5-9,16,21-22,25,27H,10-15,17-18H2,1-4H3/b19-16+/t21-,22+,23+,24-/m0/s1. The maximum Gasteiger partial charge on any atom is 0.0809 e. The summed E-state index contributed by atoms with van der Waals surface area (Å²) >= 11 is 0. The molecular formula is C24H38N2O2. The molecule has 3 rings (SSSR count). The number of nitrogens with zero attached hydrogens (tertiary/aromatic N) is 1. The number of fused-ring (bicyclic) bond motifs is 1. The van der Waals surface area contributed by atoms with Crippen LogP contribution in [-0.4, -0.2) is 49.4 Å². The molecule has 0 radical (unpaired) electrons. The fourth-order valence-electron chi connectivity index (χ4n) is 5.23. The van der Waals surface area contributed by atoms with Crippen LogP contribution in [0.4, 0.5) is 0 Å². The number of benzene rings is 1. The Balaban J connectivity index is 1.58. The number of rotatable bonds is 8. The van der Waals surface area contributed by atoms with Crippen LogP contribution in [0.3, 0.4) is 0 Å². The van der Waals surface area contributed by atoms with E-state index in [0.717, 1.165) is 45.2 Å². The third kappa shape index (κ3) is 4.68. The van der Waals surface area contributed by atoms with Crippen LogP contribution in [0.2, 0.25) is 0 Å². The molecule has 156 valence electrons. The molecule has 0 aliphatic heterocycles. The molecule has 0 heterocycles. The zero-order valence-electron chi connectivity index (χ0n) is 18.1. The number of hydrogen-bond donors (Lipinski definition) is 2. The summed E-state index contributed by atoms with van der Waals surface area (Å²) < 4.78 is 0. The van der Waals surface area contributed by atoms with E-state index in [0.29, 0.717) is 18.4 Å². The van der Waals surface area contributed by atoms with Crippen molar-refractivity contribution in [2.24, 2.45) is 11.3 Å². The molecule has 2 N–H and O–H groups in total. The maximum atomic E-state index is 11.6. The quantitative estimate of drug-likeness (QED) is 0.401. The van der Waals surface area contributed by atoms with Crippen LogP contribution in [0.25, 0.3) is 0 Å². The predicted molar refractivity (Wildman–Crippen MR) is 115 cm³/mol. The minimum absolute atomic E-state index is 0.0225. The van der Waals surface area contributed by atoms with Crippen molar-refractivity contribution in [1.82, 2.24) is 10.4 Å². The van der Waals surface area contributed by atoms with E-state index in [4.69, 9.17) is 4.84 Å². The van der Waals surface area contributed by atoms with Gasteiger partial charge in [0, 0.05) is 18.5 Å². The van der Waals surface area contributed by atoms with E-state index in [2.05, 4.69) is 60.6 Å². The second kappa shape index (κ2) is 9.08. The van der Waals surface area contributed by atoms with Gasteiger partial charge in [0.1, 0.15) is 0 Å². The van der Waals surface area contributed by atoms with E-state index in [1.165, 1.54) is 11.1 Å². The fraction of sp³-hybridized carbons (Fsp3) is 0.667. The Morgan fingerprint density at radius 2 is 2.00 bits per heavy atom. The first kappa shape index (κ1) is 21.5.